The average molecular weight is 223 g/mol. The van der Waals surface area contributed by atoms with E-state index in [1.807, 2.05) is 18.5 Å². The van der Waals surface area contributed by atoms with Crippen molar-refractivity contribution in [1.29, 1.82) is 0 Å². The first-order valence-electron chi connectivity index (χ1n) is 5.65. The van der Waals surface area contributed by atoms with Crippen LogP contribution in [0.3, 0.4) is 0 Å². The van der Waals surface area contributed by atoms with E-state index in [1.54, 1.807) is 6.20 Å². The lowest BCUT2D eigenvalue weighted by atomic mass is 10.1. The lowest BCUT2D eigenvalue weighted by molar-refractivity contribution is 0.809. The lowest BCUT2D eigenvalue weighted by Crippen LogP contribution is -2.00. The average Bonchev–Trinajstić information content (AvgIpc) is 2.76. The van der Waals surface area contributed by atoms with Gasteiger partial charge in [0.1, 0.15) is 5.52 Å². The molecule has 0 saturated heterocycles. The number of benzene rings is 1. The minimum Gasteiger partial charge on any atom is -0.311 e. The predicted octanol–water partition coefficient (Wildman–Crippen LogP) is 2.79. The molecule has 3 aromatic rings. The molecule has 1 aromatic carbocycles. The van der Waals surface area contributed by atoms with Crippen LogP contribution in [0.15, 0.2) is 48.9 Å². The van der Waals surface area contributed by atoms with Gasteiger partial charge in [0.2, 0.25) is 0 Å². The van der Waals surface area contributed by atoms with Crippen LogP contribution >= 0.6 is 0 Å². The third-order valence-electron chi connectivity index (χ3n) is 2.98. The van der Waals surface area contributed by atoms with E-state index in [0.717, 1.165) is 17.7 Å². The summed E-state index contributed by atoms with van der Waals surface area (Å²) in [6, 6.07) is 12.3. The largest absolute Gasteiger partial charge is 0.311 e. The van der Waals surface area contributed by atoms with Crippen LogP contribution in [0, 0.1) is 6.92 Å². The number of rotatable bonds is 2. The summed E-state index contributed by atoms with van der Waals surface area (Å²) in [7, 11) is 0. The number of pyridine rings is 1. The maximum Gasteiger partial charge on any atom is 0.160 e. The monoisotopic (exact) mass is 223 g/mol. The zero-order valence-electron chi connectivity index (χ0n) is 9.67. The van der Waals surface area contributed by atoms with Crippen LogP contribution in [0.5, 0.6) is 0 Å². The molecule has 17 heavy (non-hydrogen) atoms. The van der Waals surface area contributed by atoms with Crippen molar-refractivity contribution in [2.45, 2.75) is 13.5 Å². The van der Waals surface area contributed by atoms with Gasteiger partial charge in [-0.1, -0.05) is 24.3 Å². The molecule has 0 saturated carbocycles. The molecule has 0 aliphatic carbocycles. The topological polar surface area (TPSA) is 30.7 Å². The zero-order chi connectivity index (χ0) is 11.7. The molecule has 0 aliphatic rings. The highest BCUT2D eigenvalue weighted by atomic mass is 15.1. The smallest absolute Gasteiger partial charge is 0.160 e. The molecule has 84 valence electrons. The van der Waals surface area contributed by atoms with Crippen molar-refractivity contribution in [3.05, 3.63) is 60.0 Å². The van der Waals surface area contributed by atoms with Crippen LogP contribution < -0.4 is 0 Å². The van der Waals surface area contributed by atoms with Gasteiger partial charge < -0.3 is 4.57 Å². The van der Waals surface area contributed by atoms with Gasteiger partial charge in [-0.15, -0.1) is 0 Å². The van der Waals surface area contributed by atoms with Gasteiger partial charge in [0.05, 0.1) is 12.9 Å². The molecular weight excluding hydrogens is 210 g/mol. The number of nitrogens with zero attached hydrogens (tertiary/aromatic N) is 3. The van der Waals surface area contributed by atoms with E-state index in [-0.39, 0.29) is 0 Å². The quantitative estimate of drug-likeness (QED) is 0.668. The van der Waals surface area contributed by atoms with Crippen molar-refractivity contribution in [1.82, 2.24) is 14.5 Å². The molecule has 2 aromatic heterocycles. The van der Waals surface area contributed by atoms with Crippen LogP contribution in [0.4, 0.5) is 0 Å². The Kier molecular flexibility index (Phi) is 2.37. The first kappa shape index (κ1) is 10.0. The van der Waals surface area contributed by atoms with Crippen molar-refractivity contribution in [2.75, 3.05) is 0 Å². The maximum absolute atomic E-state index is 4.37. The summed E-state index contributed by atoms with van der Waals surface area (Å²) in [5.41, 5.74) is 4.49. The van der Waals surface area contributed by atoms with Gasteiger partial charge in [-0.25, -0.2) is 9.97 Å². The lowest BCUT2D eigenvalue weighted by Gasteiger charge is -2.06. The summed E-state index contributed by atoms with van der Waals surface area (Å²) in [5, 5.41) is 0. The Morgan fingerprint density at radius 2 is 1.94 bits per heavy atom. The molecule has 3 heteroatoms. The van der Waals surface area contributed by atoms with Crippen LogP contribution in [-0.2, 0) is 6.54 Å². The van der Waals surface area contributed by atoms with E-state index in [1.165, 1.54) is 11.1 Å². The number of aromatic nitrogens is 3. The molecule has 0 fully saturated rings. The Labute approximate surface area is 99.8 Å². The second kappa shape index (κ2) is 4.01. The fraction of sp³-hybridized carbons (Fsp3) is 0.143. The summed E-state index contributed by atoms with van der Waals surface area (Å²) in [4.78, 5) is 8.71. The molecule has 0 bridgehead atoms. The molecule has 0 radical (unpaired) electrons. The molecule has 0 spiro atoms. The first-order valence-corrected chi connectivity index (χ1v) is 5.65. The van der Waals surface area contributed by atoms with E-state index < -0.39 is 0 Å². The minimum absolute atomic E-state index is 0.820. The number of fused-ring (bicyclic) bond motifs is 1. The van der Waals surface area contributed by atoms with Gasteiger partial charge in [-0.3, -0.25) is 0 Å². The van der Waals surface area contributed by atoms with Crippen molar-refractivity contribution < 1.29 is 0 Å². The normalized spacial score (nSPS) is 10.9. The van der Waals surface area contributed by atoms with E-state index in [0.29, 0.717) is 0 Å². The SMILES string of the molecule is Cc1ccccc1Cn1cnc2cccnc21. The van der Waals surface area contributed by atoms with Gasteiger partial charge in [-0.05, 0) is 30.2 Å². The summed E-state index contributed by atoms with van der Waals surface area (Å²) in [5.74, 6) is 0. The molecule has 3 nitrogen and oxygen atoms in total. The molecule has 0 amide bonds. The van der Waals surface area contributed by atoms with Crippen molar-refractivity contribution >= 4 is 11.2 Å². The molecule has 0 aliphatic heterocycles. The van der Waals surface area contributed by atoms with E-state index in [9.17, 15) is 0 Å². The number of imidazole rings is 1. The third-order valence-corrected chi connectivity index (χ3v) is 2.98. The Balaban J connectivity index is 2.03. The highest BCUT2D eigenvalue weighted by Gasteiger charge is 2.04. The van der Waals surface area contributed by atoms with Gasteiger partial charge >= 0.3 is 0 Å². The fourth-order valence-corrected chi connectivity index (χ4v) is 1.98. The Morgan fingerprint density at radius 1 is 1.06 bits per heavy atom. The number of hydrogen-bond donors (Lipinski definition) is 0. The van der Waals surface area contributed by atoms with E-state index in [4.69, 9.17) is 0 Å². The number of aryl methyl sites for hydroxylation is 1. The Bertz CT molecular complexity index is 655. The van der Waals surface area contributed by atoms with Gasteiger partial charge in [0, 0.05) is 6.20 Å². The highest BCUT2D eigenvalue weighted by Crippen LogP contribution is 2.13. The van der Waals surface area contributed by atoms with Crippen molar-refractivity contribution in [2.24, 2.45) is 0 Å². The molecule has 2 heterocycles. The summed E-state index contributed by atoms with van der Waals surface area (Å²) < 4.78 is 2.08. The minimum atomic E-state index is 0.820. The highest BCUT2D eigenvalue weighted by molar-refractivity contribution is 5.70. The first-order chi connectivity index (χ1) is 8.34. The number of hydrogen-bond acceptors (Lipinski definition) is 2. The van der Waals surface area contributed by atoms with Crippen LogP contribution in [0.25, 0.3) is 11.2 Å². The molecule has 3 rings (SSSR count). The van der Waals surface area contributed by atoms with E-state index in [2.05, 4.69) is 45.7 Å². The van der Waals surface area contributed by atoms with Crippen LogP contribution in [0.1, 0.15) is 11.1 Å². The van der Waals surface area contributed by atoms with Crippen molar-refractivity contribution in [3.8, 4) is 0 Å². The predicted molar refractivity (Wildman–Crippen MR) is 67.8 cm³/mol. The molecule has 0 atom stereocenters. The zero-order valence-corrected chi connectivity index (χ0v) is 9.67. The van der Waals surface area contributed by atoms with Gasteiger partial charge in [0.15, 0.2) is 5.65 Å². The molecule has 0 unspecified atom stereocenters. The summed E-state index contributed by atoms with van der Waals surface area (Å²) >= 11 is 0. The summed E-state index contributed by atoms with van der Waals surface area (Å²) in [6.45, 7) is 2.95. The second-order valence-electron chi connectivity index (χ2n) is 4.15. The Hall–Kier alpha value is -2.16. The third kappa shape index (κ3) is 1.80. The Morgan fingerprint density at radius 3 is 2.82 bits per heavy atom. The second-order valence-corrected chi connectivity index (χ2v) is 4.15. The van der Waals surface area contributed by atoms with Crippen LogP contribution in [-0.4, -0.2) is 14.5 Å². The van der Waals surface area contributed by atoms with E-state index >= 15 is 0 Å². The van der Waals surface area contributed by atoms with Crippen molar-refractivity contribution in [3.63, 3.8) is 0 Å². The van der Waals surface area contributed by atoms with Crippen LogP contribution in [0.2, 0.25) is 0 Å². The van der Waals surface area contributed by atoms with Gasteiger partial charge in [0.25, 0.3) is 0 Å². The molecular formula is C14H13N3. The fourth-order valence-electron chi connectivity index (χ4n) is 1.98. The summed E-state index contributed by atoms with van der Waals surface area (Å²) in [6.07, 6.45) is 3.66. The standard InChI is InChI=1S/C14H13N3/c1-11-5-2-3-6-12(11)9-17-10-16-13-7-4-8-15-14(13)17/h2-8,10H,9H2,1H3. The van der Waals surface area contributed by atoms with Gasteiger partial charge in [-0.2, -0.15) is 0 Å². The molecule has 0 N–H and O–H groups in total. The maximum atomic E-state index is 4.37.